The second-order valence-corrected chi connectivity index (χ2v) is 5.95. The molecule has 0 aliphatic heterocycles. The molecule has 5 heteroatoms. The molecule has 0 radical (unpaired) electrons. The van der Waals surface area contributed by atoms with Crippen molar-refractivity contribution >= 4 is 10.8 Å². The van der Waals surface area contributed by atoms with E-state index in [9.17, 15) is 13.0 Å². The van der Waals surface area contributed by atoms with Crippen molar-refractivity contribution in [3.63, 3.8) is 0 Å². The molecule has 0 aromatic heterocycles. The summed E-state index contributed by atoms with van der Waals surface area (Å²) in [7, 11) is -1.61. The van der Waals surface area contributed by atoms with E-state index in [-0.39, 0.29) is 4.90 Å². The van der Waals surface area contributed by atoms with Gasteiger partial charge >= 0.3 is 0 Å². The van der Waals surface area contributed by atoms with Gasteiger partial charge < -0.3 is 5.73 Å². The molecule has 0 aliphatic rings. The van der Waals surface area contributed by atoms with Gasteiger partial charge in [0.2, 0.25) is 0 Å². The van der Waals surface area contributed by atoms with Crippen LogP contribution in [0.4, 0.5) is 8.78 Å². The van der Waals surface area contributed by atoms with Gasteiger partial charge in [0.25, 0.3) is 0 Å². The third-order valence-electron chi connectivity index (χ3n) is 2.97. The van der Waals surface area contributed by atoms with Crippen LogP contribution in [0.15, 0.2) is 53.4 Å². The molecule has 0 spiro atoms. The lowest BCUT2D eigenvalue weighted by Crippen LogP contribution is -2.13. The lowest BCUT2D eigenvalue weighted by atomic mass is 10.1. The summed E-state index contributed by atoms with van der Waals surface area (Å²) in [6.45, 7) is 0.341. The first kappa shape index (κ1) is 14.8. The Bertz CT molecular complexity index is 604. The Morgan fingerprint density at radius 2 is 1.80 bits per heavy atom. The number of benzene rings is 2. The van der Waals surface area contributed by atoms with Gasteiger partial charge in [-0.2, -0.15) is 0 Å². The van der Waals surface area contributed by atoms with Gasteiger partial charge in [0.15, 0.2) is 0 Å². The summed E-state index contributed by atoms with van der Waals surface area (Å²) in [5.41, 5.74) is 6.39. The Hall–Kier alpha value is -1.59. The van der Waals surface area contributed by atoms with Crippen molar-refractivity contribution in [2.75, 3.05) is 6.54 Å². The van der Waals surface area contributed by atoms with E-state index >= 15 is 0 Å². The minimum Gasteiger partial charge on any atom is -0.330 e. The summed E-state index contributed by atoms with van der Waals surface area (Å²) in [6.07, 6.45) is 0.466. The van der Waals surface area contributed by atoms with Crippen LogP contribution in [0.2, 0.25) is 0 Å². The predicted molar refractivity (Wildman–Crippen MR) is 75.6 cm³/mol. The maximum absolute atomic E-state index is 13.8. The van der Waals surface area contributed by atoms with Gasteiger partial charge in [-0.25, -0.2) is 8.78 Å². The average molecular weight is 295 g/mol. The Kier molecular flexibility index (Phi) is 4.98. The summed E-state index contributed by atoms with van der Waals surface area (Å²) in [6, 6.07) is 12.3. The fraction of sp³-hybridized carbons (Fsp3) is 0.200. The van der Waals surface area contributed by atoms with Crippen molar-refractivity contribution in [2.24, 2.45) is 5.73 Å². The van der Waals surface area contributed by atoms with Gasteiger partial charge in [-0.05, 0) is 30.7 Å². The zero-order chi connectivity index (χ0) is 14.5. The highest BCUT2D eigenvalue weighted by Gasteiger charge is 2.22. The van der Waals surface area contributed by atoms with Crippen LogP contribution in [0, 0.1) is 11.6 Å². The average Bonchev–Trinajstić information content (AvgIpc) is 2.45. The van der Waals surface area contributed by atoms with Gasteiger partial charge in [-0.1, -0.05) is 30.3 Å². The lowest BCUT2D eigenvalue weighted by molar-refractivity contribution is 0.560. The lowest BCUT2D eigenvalue weighted by Gasteiger charge is -2.16. The van der Waals surface area contributed by atoms with Crippen molar-refractivity contribution in [3.8, 4) is 0 Å². The highest BCUT2D eigenvalue weighted by atomic mass is 32.2. The molecule has 2 unspecified atom stereocenters. The third-order valence-corrected chi connectivity index (χ3v) is 4.76. The zero-order valence-corrected chi connectivity index (χ0v) is 11.6. The molecule has 0 bridgehead atoms. The second-order valence-electron chi connectivity index (χ2n) is 4.35. The highest BCUT2D eigenvalue weighted by Crippen LogP contribution is 2.29. The third kappa shape index (κ3) is 3.29. The summed E-state index contributed by atoms with van der Waals surface area (Å²) in [5.74, 6) is -1.47. The fourth-order valence-electron chi connectivity index (χ4n) is 2.01. The first-order valence-electron chi connectivity index (χ1n) is 6.24. The van der Waals surface area contributed by atoms with Crippen LogP contribution in [0.3, 0.4) is 0 Å². The molecule has 0 saturated carbocycles. The minimum atomic E-state index is -1.61. The van der Waals surface area contributed by atoms with Crippen LogP contribution >= 0.6 is 0 Å². The molecule has 0 aliphatic carbocycles. The fourth-order valence-corrected chi connectivity index (χ4v) is 3.52. The number of rotatable bonds is 5. The van der Waals surface area contributed by atoms with Crippen molar-refractivity contribution in [3.05, 3.63) is 65.7 Å². The van der Waals surface area contributed by atoms with E-state index in [4.69, 9.17) is 5.73 Å². The van der Waals surface area contributed by atoms with Crippen LogP contribution in [0.1, 0.15) is 17.2 Å². The molecule has 2 atom stereocenters. The van der Waals surface area contributed by atoms with E-state index in [1.54, 1.807) is 0 Å². The summed E-state index contributed by atoms with van der Waals surface area (Å²) >= 11 is 0. The van der Waals surface area contributed by atoms with Crippen LogP contribution in [-0.2, 0) is 10.8 Å². The largest absolute Gasteiger partial charge is 0.330 e. The molecular formula is C15H15F2NOS. The van der Waals surface area contributed by atoms with Crippen molar-refractivity contribution in [1.29, 1.82) is 0 Å². The van der Waals surface area contributed by atoms with Crippen molar-refractivity contribution in [2.45, 2.75) is 16.6 Å². The quantitative estimate of drug-likeness (QED) is 0.920. The molecule has 2 rings (SSSR count). The van der Waals surface area contributed by atoms with Gasteiger partial charge in [0, 0.05) is 6.07 Å². The standard InChI is InChI=1S/C15H15F2NOS/c16-12-6-7-15(13(17)10-12)20(19)14(8-9-18)11-4-2-1-3-5-11/h1-7,10,14H,8-9,18H2. The van der Waals surface area contributed by atoms with E-state index in [0.717, 1.165) is 17.7 Å². The zero-order valence-electron chi connectivity index (χ0n) is 10.8. The highest BCUT2D eigenvalue weighted by molar-refractivity contribution is 7.85. The molecule has 0 heterocycles. The number of hydrogen-bond acceptors (Lipinski definition) is 2. The molecule has 2 nitrogen and oxygen atoms in total. The van der Waals surface area contributed by atoms with E-state index in [1.165, 1.54) is 6.07 Å². The van der Waals surface area contributed by atoms with Gasteiger partial charge in [-0.3, -0.25) is 4.21 Å². The van der Waals surface area contributed by atoms with E-state index in [1.807, 2.05) is 30.3 Å². The van der Waals surface area contributed by atoms with E-state index < -0.39 is 27.7 Å². The number of halogens is 2. The molecule has 2 aromatic carbocycles. The van der Waals surface area contributed by atoms with Gasteiger partial charge in [0.1, 0.15) is 11.6 Å². The van der Waals surface area contributed by atoms with Crippen LogP contribution < -0.4 is 5.73 Å². The van der Waals surface area contributed by atoms with Gasteiger partial charge in [0.05, 0.1) is 20.9 Å². The Morgan fingerprint density at radius 3 is 2.40 bits per heavy atom. The van der Waals surface area contributed by atoms with Crippen LogP contribution in [0.5, 0.6) is 0 Å². The summed E-state index contributed by atoms with van der Waals surface area (Å²) in [5, 5.41) is -0.402. The topological polar surface area (TPSA) is 43.1 Å². The normalized spacial score (nSPS) is 13.9. The maximum atomic E-state index is 13.8. The monoisotopic (exact) mass is 295 g/mol. The Morgan fingerprint density at radius 1 is 1.10 bits per heavy atom. The van der Waals surface area contributed by atoms with Crippen LogP contribution in [-0.4, -0.2) is 10.8 Å². The van der Waals surface area contributed by atoms with Crippen LogP contribution in [0.25, 0.3) is 0 Å². The first-order chi connectivity index (χ1) is 9.63. The smallest absolute Gasteiger partial charge is 0.142 e. The molecular weight excluding hydrogens is 280 g/mol. The molecule has 106 valence electrons. The van der Waals surface area contributed by atoms with Crippen molar-refractivity contribution < 1.29 is 13.0 Å². The first-order valence-corrected chi connectivity index (χ1v) is 7.45. The molecule has 2 N–H and O–H groups in total. The summed E-state index contributed by atoms with van der Waals surface area (Å²) in [4.78, 5) is 0.00806. The summed E-state index contributed by atoms with van der Waals surface area (Å²) < 4.78 is 39.2. The van der Waals surface area contributed by atoms with E-state index in [0.29, 0.717) is 13.0 Å². The molecule has 0 fully saturated rings. The number of nitrogens with two attached hydrogens (primary N) is 1. The number of hydrogen-bond donors (Lipinski definition) is 1. The molecule has 0 saturated heterocycles. The molecule has 0 amide bonds. The predicted octanol–water partition coefficient (Wildman–Crippen LogP) is 3.16. The van der Waals surface area contributed by atoms with Gasteiger partial charge in [-0.15, -0.1) is 0 Å². The SMILES string of the molecule is NCCC(c1ccccc1)S(=O)c1ccc(F)cc1F. The second kappa shape index (κ2) is 6.72. The molecule has 20 heavy (non-hydrogen) atoms. The molecule has 2 aromatic rings. The van der Waals surface area contributed by atoms with Crippen molar-refractivity contribution in [1.82, 2.24) is 0 Å². The maximum Gasteiger partial charge on any atom is 0.142 e. The minimum absolute atomic E-state index is 0.00806. The van der Waals surface area contributed by atoms with E-state index in [2.05, 4.69) is 0 Å². The Labute approximate surface area is 119 Å². The Balaban J connectivity index is 2.37.